The van der Waals surface area contributed by atoms with Gasteiger partial charge in [-0.15, -0.1) is 11.3 Å². The van der Waals surface area contributed by atoms with E-state index in [0.29, 0.717) is 53.6 Å². The fraction of sp³-hybridized carbons (Fsp3) is 0.456. The lowest BCUT2D eigenvalue weighted by atomic mass is 10.0. The van der Waals surface area contributed by atoms with E-state index in [2.05, 4.69) is 38.4 Å². The maximum absolute atomic E-state index is 14.5. The molecule has 3 fully saturated rings. The number of hydrogen-bond donors (Lipinski definition) is 8. The van der Waals surface area contributed by atoms with Gasteiger partial charge in [-0.3, -0.25) is 53.0 Å². The number of imide groups is 1. The molecule has 9 amide bonds. The maximum atomic E-state index is 14.5. The molecule has 442 valence electrons. The molecule has 6 atom stereocenters. The summed E-state index contributed by atoms with van der Waals surface area (Å²) in [4.78, 5) is 143. The number of likely N-dealkylation sites (N-methyl/N-ethyl adjacent to an activating group) is 1. The molecule has 1 unspecified atom stereocenters. The second-order valence-electron chi connectivity index (χ2n) is 21.3. The first-order chi connectivity index (χ1) is 39.5. The average molecular weight is 1190 g/mol. The highest BCUT2D eigenvalue weighted by atomic mass is 32.1. The Morgan fingerprint density at radius 3 is 2.39 bits per heavy atom. The molecular formula is C57H65F3N9O12PS. The van der Waals surface area contributed by atoms with E-state index in [1.54, 1.807) is 19.2 Å². The van der Waals surface area contributed by atoms with E-state index in [-0.39, 0.29) is 80.2 Å². The third-order valence-corrected chi connectivity index (χ3v) is 17.4. The quantitative estimate of drug-likeness (QED) is 0.0241. The van der Waals surface area contributed by atoms with Crippen LogP contribution < -0.4 is 32.3 Å². The normalized spacial score (nSPS) is 20.0. The minimum Gasteiger partial charge on any atom is -0.370 e. The van der Waals surface area contributed by atoms with E-state index in [1.807, 2.05) is 11.0 Å². The third kappa shape index (κ3) is 15.0. The third-order valence-electron chi connectivity index (χ3n) is 15.3. The lowest BCUT2D eigenvalue weighted by Gasteiger charge is -2.38. The number of primary amides is 1. The van der Waals surface area contributed by atoms with Gasteiger partial charge in [0, 0.05) is 72.7 Å². The molecular weight excluding hydrogens is 1120 g/mol. The van der Waals surface area contributed by atoms with Crippen LogP contribution in [-0.2, 0) is 56.8 Å². The van der Waals surface area contributed by atoms with E-state index in [1.165, 1.54) is 46.2 Å². The Labute approximate surface area is 480 Å². The molecule has 4 aliphatic rings. The zero-order valence-electron chi connectivity index (χ0n) is 45.4. The Morgan fingerprint density at radius 1 is 0.904 bits per heavy atom. The van der Waals surface area contributed by atoms with Crippen molar-refractivity contribution in [3.05, 3.63) is 105 Å². The van der Waals surface area contributed by atoms with Crippen LogP contribution >= 0.6 is 18.9 Å². The highest BCUT2D eigenvalue weighted by molar-refractivity contribution is 7.52. The van der Waals surface area contributed by atoms with Crippen molar-refractivity contribution in [1.29, 1.82) is 0 Å². The summed E-state index contributed by atoms with van der Waals surface area (Å²) in [5.74, 6) is 0.498. The van der Waals surface area contributed by atoms with E-state index in [4.69, 9.17) is 5.73 Å². The molecule has 4 aromatic rings. The fourth-order valence-corrected chi connectivity index (χ4v) is 12.3. The number of alkyl halides is 2. The minimum absolute atomic E-state index is 0.0148. The van der Waals surface area contributed by atoms with Gasteiger partial charge in [0.25, 0.3) is 11.8 Å². The molecule has 3 aromatic carbocycles. The van der Waals surface area contributed by atoms with Crippen molar-refractivity contribution in [2.24, 2.45) is 5.73 Å². The summed E-state index contributed by atoms with van der Waals surface area (Å²) in [6, 6.07) is 8.70. The molecule has 26 heteroatoms. The predicted octanol–water partition coefficient (Wildman–Crippen LogP) is 3.81. The molecule has 9 N–H and O–H groups in total. The molecule has 0 aliphatic carbocycles. The summed E-state index contributed by atoms with van der Waals surface area (Å²) in [6.07, 6.45) is 5.18. The van der Waals surface area contributed by atoms with Crippen LogP contribution in [0.15, 0.2) is 66.7 Å². The van der Waals surface area contributed by atoms with Gasteiger partial charge in [0.05, 0.1) is 4.88 Å². The Morgan fingerprint density at radius 2 is 1.65 bits per heavy atom. The van der Waals surface area contributed by atoms with Crippen molar-refractivity contribution in [1.82, 2.24) is 41.3 Å². The van der Waals surface area contributed by atoms with E-state index in [9.17, 15) is 70.7 Å². The van der Waals surface area contributed by atoms with Crippen LogP contribution in [0, 0.1) is 17.7 Å². The van der Waals surface area contributed by atoms with Crippen LogP contribution in [-0.4, -0.2) is 141 Å². The van der Waals surface area contributed by atoms with Crippen molar-refractivity contribution < 1.29 is 70.7 Å². The smallest absolute Gasteiger partial charge is 0.370 e. The second kappa shape index (κ2) is 26.8. The topological polar surface area (TPSA) is 307 Å². The zero-order valence-corrected chi connectivity index (χ0v) is 47.1. The Balaban J connectivity index is 0.854. The number of nitrogens with zero attached hydrogens (tertiary/aromatic N) is 3. The van der Waals surface area contributed by atoms with Crippen LogP contribution in [0.25, 0.3) is 10.1 Å². The number of hydrogen-bond acceptors (Lipinski definition) is 12. The average Bonchev–Trinajstić information content (AvgIpc) is 3.23. The molecule has 1 aromatic heterocycles. The number of nitrogens with two attached hydrogens (primary N) is 1. The molecule has 83 heavy (non-hydrogen) atoms. The Bertz CT molecular complexity index is 3290. The van der Waals surface area contributed by atoms with Crippen molar-refractivity contribution >= 4 is 82.2 Å². The molecule has 21 nitrogen and oxygen atoms in total. The first kappa shape index (κ1) is 61.6. The number of nitrogens with one attached hydrogen (secondary N) is 5. The fourth-order valence-electron chi connectivity index (χ4n) is 10.9. The van der Waals surface area contributed by atoms with Crippen LogP contribution in [0.4, 0.5) is 13.2 Å². The van der Waals surface area contributed by atoms with Crippen LogP contribution in [0.5, 0.6) is 0 Å². The van der Waals surface area contributed by atoms with Gasteiger partial charge < -0.3 is 51.5 Å². The summed E-state index contributed by atoms with van der Waals surface area (Å²) < 4.78 is 54.9. The lowest BCUT2D eigenvalue weighted by molar-refractivity contribution is -0.144. The minimum atomic E-state index is -5.87. The Hall–Kier alpha value is -7.49. The van der Waals surface area contributed by atoms with Crippen LogP contribution in [0.2, 0.25) is 0 Å². The van der Waals surface area contributed by atoms with Crippen molar-refractivity contribution in [3.63, 3.8) is 0 Å². The van der Waals surface area contributed by atoms with Gasteiger partial charge in [0.15, 0.2) is 0 Å². The van der Waals surface area contributed by atoms with Gasteiger partial charge in [-0.05, 0) is 118 Å². The lowest BCUT2D eigenvalue weighted by Crippen LogP contribution is -2.61. The number of rotatable bonds is 22. The number of carbonyl (C=O) groups excluding carboxylic acids is 9. The summed E-state index contributed by atoms with van der Waals surface area (Å²) in [7, 11) is -4.12. The number of carbonyl (C=O) groups is 9. The molecule has 0 spiro atoms. The highest BCUT2D eigenvalue weighted by Gasteiger charge is 2.51. The van der Waals surface area contributed by atoms with E-state index < -0.39 is 102 Å². The van der Waals surface area contributed by atoms with Crippen LogP contribution in [0.3, 0.4) is 0 Å². The predicted molar refractivity (Wildman–Crippen MR) is 297 cm³/mol. The number of piperidine rings is 1. The summed E-state index contributed by atoms with van der Waals surface area (Å²) >= 11 is 0.907. The van der Waals surface area contributed by atoms with Gasteiger partial charge in [0.1, 0.15) is 36.0 Å². The number of unbranched alkanes of at least 4 members (excludes halogenated alkanes) is 5. The van der Waals surface area contributed by atoms with Gasteiger partial charge in [-0.2, -0.15) is 8.78 Å². The summed E-state index contributed by atoms with van der Waals surface area (Å²) in [5.41, 5.74) is 2.53. The number of amides is 9. The molecule has 0 saturated carbocycles. The van der Waals surface area contributed by atoms with Gasteiger partial charge in [-0.1, -0.05) is 55.4 Å². The highest BCUT2D eigenvalue weighted by Crippen LogP contribution is 2.59. The second-order valence-corrected chi connectivity index (χ2v) is 24.1. The standard InChI is InChI=1S/C57H65F3N9O12PS/c1-67-27-25-38-18-20-45(69(38)56(78)43(32-67)65-54(76)47-30-35-29-36(15-22-46(35)83-47)57(59,60)82(79,80)81)53(75)63-41(19-23-48(61)70)51(73)64-42(28-33-13-16-37(58)17-14-33)50(72)62-26-8-6-4-2-3-5-7-10-34-11-9-12-39-40(34)31-68(55(39)77)44-21-24-49(71)66-52(44)74/h9,11-17,22,29-30,38,41-45H,2-6,8,18-21,23-28,31-32H2,1H3,(H2,61,70)(H,62,72)(H,63,75)(H,64,73)(H,65,76)(H,66,71,74)(H2,79,80,81)/t38-,41+,42+,43+,44?,45+/m1/s1. The SMILES string of the molecule is CN1CC[C@H]2CC[C@@H](C(=O)N[C@@H](CCC(N)=O)C(=O)N[C@@H](Cc3ccc(F)cc3)C(=O)NCCCCCCCC#Cc3cccc4c3CN(C3CCC(=O)NC3=O)C4=O)N2C(=O)[C@@H](NC(=O)c2cc3cc(C(F)(F)P(=O)(O)O)ccc3s2)C1. The largest absolute Gasteiger partial charge is 0.399 e. The van der Waals surface area contributed by atoms with Gasteiger partial charge >= 0.3 is 13.3 Å². The molecule has 3 saturated heterocycles. The van der Waals surface area contributed by atoms with Gasteiger partial charge in [-0.25, -0.2) is 4.39 Å². The number of halogens is 3. The first-order valence-electron chi connectivity index (χ1n) is 27.4. The summed E-state index contributed by atoms with van der Waals surface area (Å²) in [5, 5.41) is 13.4. The van der Waals surface area contributed by atoms with Crippen molar-refractivity contribution in [3.8, 4) is 11.8 Å². The number of thiophene rings is 1. The molecule has 5 heterocycles. The number of benzene rings is 3. The molecule has 4 aliphatic heterocycles. The van der Waals surface area contributed by atoms with Crippen molar-refractivity contribution in [2.45, 2.75) is 138 Å². The molecule has 8 rings (SSSR count). The maximum Gasteiger partial charge on any atom is 0.399 e. The van der Waals surface area contributed by atoms with Crippen molar-refractivity contribution in [2.75, 3.05) is 26.7 Å². The Kier molecular flexibility index (Phi) is 19.9. The molecule has 0 radical (unpaired) electrons. The van der Waals surface area contributed by atoms with E-state index >= 15 is 0 Å². The monoisotopic (exact) mass is 1190 g/mol. The summed E-state index contributed by atoms with van der Waals surface area (Å²) in [6.45, 7) is 0.964. The van der Waals surface area contributed by atoms with Crippen LogP contribution in [0.1, 0.15) is 126 Å². The first-order valence-corrected chi connectivity index (χ1v) is 29.9. The number of fused-ring (bicyclic) bond motifs is 3. The van der Waals surface area contributed by atoms with E-state index in [0.717, 1.165) is 54.7 Å². The van der Waals surface area contributed by atoms with Gasteiger partial charge in [0.2, 0.25) is 41.4 Å². The zero-order chi connectivity index (χ0) is 59.8. The molecule has 0 bridgehead atoms.